The summed E-state index contributed by atoms with van der Waals surface area (Å²) in [5.74, 6) is 4.72. The van der Waals surface area contributed by atoms with Gasteiger partial charge in [0.05, 0.1) is 19.9 Å². The highest BCUT2D eigenvalue weighted by atomic mass is 16.5. The molecule has 4 heteroatoms. The summed E-state index contributed by atoms with van der Waals surface area (Å²) in [5.41, 5.74) is 0.743. The quantitative estimate of drug-likeness (QED) is 0.921. The largest absolute Gasteiger partial charge is 0.497 e. The summed E-state index contributed by atoms with van der Waals surface area (Å²) in [7, 11) is 3.24. The van der Waals surface area contributed by atoms with Gasteiger partial charge in [0.15, 0.2) is 0 Å². The molecule has 0 aliphatic heterocycles. The van der Waals surface area contributed by atoms with Crippen molar-refractivity contribution in [3.63, 3.8) is 0 Å². The number of hydrogen-bond acceptors (Lipinski definition) is 3. The number of anilines is 1. The van der Waals surface area contributed by atoms with Gasteiger partial charge in [0.1, 0.15) is 11.5 Å². The average Bonchev–Trinajstić information content (AvgIpc) is 2.54. The first-order chi connectivity index (χ1) is 11.2. The molecule has 0 heterocycles. The number of amides is 1. The lowest BCUT2D eigenvalue weighted by molar-refractivity contribution is -0.132. The van der Waals surface area contributed by atoms with E-state index in [1.807, 2.05) is 18.2 Å². The highest BCUT2D eigenvalue weighted by Gasteiger charge is 2.50. The van der Waals surface area contributed by atoms with E-state index in [4.69, 9.17) is 9.47 Å². The lowest BCUT2D eigenvalue weighted by Gasteiger charge is -2.53. The molecule has 0 radical (unpaired) electrons. The van der Waals surface area contributed by atoms with E-state index in [1.54, 1.807) is 14.2 Å². The molecule has 0 spiro atoms. The van der Waals surface area contributed by atoms with E-state index in [0.717, 1.165) is 23.3 Å². The second-order valence-electron chi connectivity index (χ2n) is 7.51. The first kappa shape index (κ1) is 14.9. The zero-order valence-electron chi connectivity index (χ0n) is 13.9. The van der Waals surface area contributed by atoms with Gasteiger partial charge in [0.2, 0.25) is 5.91 Å². The Morgan fingerprint density at radius 3 is 2.22 bits per heavy atom. The molecule has 1 N–H and O–H groups in total. The summed E-state index contributed by atoms with van der Waals surface area (Å²) >= 11 is 0. The van der Waals surface area contributed by atoms with Gasteiger partial charge in [-0.25, -0.2) is 0 Å². The van der Waals surface area contributed by atoms with Crippen LogP contribution in [0.1, 0.15) is 32.1 Å². The maximum absolute atomic E-state index is 12.9. The highest BCUT2D eigenvalue weighted by Crippen LogP contribution is 2.56. The fourth-order valence-corrected chi connectivity index (χ4v) is 5.47. The lowest BCUT2D eigenvalue weighted by atomic mass is 9.51. The van der Waals surface area contributed by atoms with Crippen LogP contribution in [0.3, 0.4) is 0 Å². The third-order valence-corrected chi connectivity index (χ3v) is 6.20. The van der Waals surface area contributed by atoms with Crippen LogP contribution < -0.4 is 14.8 Å². The minimum Gasteiger partial charge on any atom is -0.497 e. The molecule has 0 unspecified atom stereocenters. The maximum Gasteiger partial charge on any atom is 0.228 e. The Kier molecular flexibility index (Phi) is 3.70. The van der Waals surface area contributed by atoms with Gasteiger partial charge in [-0.2, -0.15) is 0 Å². The van der Waals surface area contributed by atoms with E-state index < -0.39 is 0 Å². The summed E-state index contributed by atoms with van der Waals surface area (Å²) in [6, 6.07) is 5.53. The molecule has 5 rings (SSSR count). The number of hydrogen-bond donors (Lipinski definition) is 1. The van der Waals surface area contributed by atoms with Crippen molar-refractivity contribution in [3.05, 3.63) is 18.2 Å². The predicted molar refractivity (Wildman–Crippen MR) is 88.7 cm³/mol. The molecular formula is C19H25NO3. The first-order valence-electron chi connectivity index (χ1n) is 8.70. The molecule has 0 atom stereocenters. The van der Waals surface area contributed by atoms with Crippen molar-refractivity contribution in [1.29, 1.82) is 0 Å². The summed E-state index contributed by atoms with van der Waals surface area (Å²) in [4.78, 5) is 12.9. The zero-order chi connectivity index (χ0) is 16.0. The van der Waals surface area contributed by atoms with Crippen LogP contribution in [0.25, 0.3) is 0 Å². The standard InChI is InChI=1S/C19H25NO3/c1-22-15-3-4-16(17(10-15)23-2)20-19(21)18-13-6-11-5-12(8-13)9-14(18)7-11/h3-4,10-14,18H,5-9H2,1-2H3,(H,20,21). The number of carbonyl (C=O) groups is 1. The molecule has 1 amide bonds. The Balaban J connectivity index is 1.52. The molecule has 124 valence electrons. The number of carbonyl (C=O) groups excluding carboxylic acids is 1. The van der Waals surface area contributed by atoms with Gasteiger partial charge in [-0.3, -0.25) is 4.79 Å². The first-order valence-corrected chi connectivity index (χ1v) is 8.70. The second-order valence-corrected chi connectivity index (χ2v) is 7.51. The smallest absolute Gasteiger partial charge is 0.228 e. The fourth-order valence-electron chi connectivity index (χ4n) is 5.47. The van der Waals surface area contributed by atoms with Gasteiger partial charge in [0.25, 0.3) is 0 Å². The Bertz CT molecular complexity index is 585. The summed E-state index contributed by atoms with van der Waals surface area (Å²) in [6.07, 6.45) is 6.43. The molecule has 4 nitrogen and oxygen atoms in total. The summed E-state index contributed by atoms with van der Waals surface area (Å²) in [5, 5.41) is 3.12. The molecule has 4 aliphatic carbocycles. The Hall–Kier alpha value is -1.71. The average molecular weight is 315 g/mol. The van der Waals surface area contributed by atoms with Gasteiger partial charge in [0, 0.05) is 12.0 Å². The van der Waals surface area contributed by atoms with Crippen LogP contribution in [-0.4, -0.2) is 20.1 Å². The molecule has 1 aromatic carbocycles. The lowest BCUT2D eigenvalue weighted by Crippen LogP contribution is -2.49. The molecule has 0 saturated heterocycles. The van der Waals surface area contributed by atoms with Gasteiger partial charge in [-0.15, -0.1) is 0 Å². The Labute approximate surface area is 137 Å². The molecular weight excluding hydrogens is 290 g/mol. The van der Waals surface area contributed by atoms with E-state index in [-0.39, 0.29) is 11.8 Å². The van der Waals surface area contributed by atoms with Crippen LogP contribution in [0.2, 0.25) is 0 Å². The van der Waals surface area contributed by atoms with Gasteiger partial charge in [-0.1, -0.05) is 0 Å². The van der Waals surface area contributed by atoms with Crippen LogP contribution in [0, 0.1) is 29.6 Å². The predicted octanol–water partition coefficient (Wildman–Crippen LogP) is 3.71. The molecule has 4 fully saturated rings. The van der Waals surface area contributed by atoms with Gasteiger partial charge >= 0.3 is 0 Å². The van der Waals surface area contributed by atoms with E-state index in [1.165, 1.54) is 32.1 Å². The van der Waals surface area contributed by atoms with Gasteiger partial charge < -0.3 is 14.8 Å². The van der Waals surface area contributed by atoms with E-state index in [0.29, 0.717) is 17.6 Å². The van der Waals surface area contributed by atoms with Crippen LogP contribution in [0.15, 0.2) is 18.2 Å². The molecule has 1 aromatic rings. The van der Waals surface area contributed by atoms with Crippen LogP contribution >= 0.6 is 0 Å². The summed E-state index contributed by atoms with van der Waals surface area (Å²) < 4.78 is 10.6. The number of ether oxygens (including phenoxy) is 2. The molecule has 4 aliphatic rings. The number of nitrogens with one attached hydrogen (secondary N) is 1. The number of rotatable bonds is 4. The van der Waals surface area contributed by atoms with E-state index >= 15 is 0 Å². The molecule has 23 heavy (non-hydrogen) atoms. The Morgan fingerprint density at radius 2 is 1.65 bits per heavy atom. The van der Waals surface area contributed by atoms with Crippen molar-refractivity contribution >= 4 is 11.6 Å². The van der Waals surface area contributed by atoms with Crippen molar-refractivity contribution in [2.24, 2.45) is 29.6 Å². The SMILES string of the molecule is COc1ccc(NC(=O)C2C3CC4CC(C3)CC2C4)c(OC)c1. The summed E-state index contributed by atoms with van der Waals surface area (Å²) in [6.45, 7) is 0. The fraction of sp³-hybridized carbons (Fsp3) is 0.632. The highest BCUT2D eigenvalue weighted by molar-refractivity contribution is 5.94. The molecule has 4 saturated carbocycles. The molecule has 4 bridgehead atoms. The van der Waals surface area contributed by atoms with Gasteiger partial charge in [-0.05, 0) is 67.9 Å². The van der Waals surface area contributed by atoms with Crippen molar-refractivity contribution < 1.29 is 14.3 Å². The minimum absolute atomic E-state index is 0.183. The molecule has 0 aromatic heterocycles. The monoisotopic (exact) mass is 315 g/mol. The van der Waals surface area contributed by atoms with Crippen molar-refractivity contribution in [1.82, 2.24) is 0 Å². The van der Waals surface area contributed by atoms with Crippen molar-refractivity contribution in [2.75, 3.05) is 19.5 Å². The van der Waals surface area contributed by atoms with Crippen LogP contribution in [0.5, 0.6) is 11.5 Å². The van der Waals surface area contributed by atoms with E-state index in [2.05, 4.69) is 5.32 Å². The second kappa shape index (κ2) is 5.73. The van der Waals surface area contributed by atoms with Crippen LogP contribution in [0.4, 0.5) is 5.69 Å². The number of methoxy groups -OCH3 is 2. The number of benzene rings is 1. The topological polar surface area (TPSA) is 47.6 Å². The zero-order valence-corrected chi connectivity index (χ0v) is 13.9. The minimum atomic E-state index is 0.183. The van der Waals surface area contributed by atoms with Crippen LogP contribution in [-0.2, 0) is 4.79 Å². The van der Waals surface area contributed by atoms with Crippen molar-refractivity contribution in [2.45, 2.75) is 32.1 Å². The Morgan fingerprint density at radius 1 is 1.00 bits per heavy atom. The van der Waals surface area contributed by atoms with Crippen molar-refractivity contribution in [3.8, 4) is 11.5 Å². The van der Waals surface area contributed by atoms with E-state index in [9.17, 15) is 4.79 Å². The third kappa shape index (κ3) is 2.58. The third-order valence-electron chi connectivity index (χ3n) is 6.20. The maximum atomic E-state index is 12.9. The normalized spacial score (nSPS) is 34.3.